The van der Waals surface area contributed by atoms with E-state index in [1.54, 1.807) is 37.4 Å². The number of methoxy groups -OCH3 is 1. The molecule has 0 radical (unpaired) electrons. The molecule has 9 heteroatoms. The minimum absolute atomic E-state index is 0.173. The smallest absolute Gasteiger partial charge is 0.269 e. The molecule has 0 saturated heterocycles. The van der Waals surface area contributed by atoms with E-state index >= 15 is 0 Å². The van der Waals surface area contributed by atoms with Gasteiger partial charge in [-0.1, -0.05) is 5.16 Å². The van der Waals surface area contributed by atoms with E-state index in [9.17, 15) is 9.90 Å². The predicted octanol–water partition coefficient (Wildman–Crippen LogP) is 1.28. The number of benzene rings is 1. The second-order valence-corrected chi connectivity index (χ2v) is 5.26. The number of aromatic nitrogens is 4. The van der Waals surface area contributed by atoms with Crippen molar-refractivity contribution >= 4 is 5.91 Å². The lowest BCUT2D eigenvalue weighted by Crippen LogP contribution is -2.26. The third-order valence-corrected chi connectivity index (χ3v) is 3.39. The first kappa shape index (κ1) is 16.7. The first-order chi connectivity index (χ1) is 12.2. The molecule has 0 saturated carbocycles. The molecule has 0 bridgehead atoms. The number of aromatic hydroxyl groups is 1. The number of phenols is 1. The van der Waals surface area contributed by atoms with Crippen molar-refractivity contribution in [2.45, 2.75) is 13.0 Å². The zero-order valence-corrected chi connectivity index (χ0v) is 13.5. The second kappa shape index (κ2) is 7.58. The number of aromatic amines is 1. The van der Waals surface area contributed by atoms with Gasteiger partial charge in [-0.3, -0.25) is 9.89 Å². The molecule has 0 unspecified atom stereocenters. The predicted molar refractivity (Wildman–Crippen MR) is 86.7 cm³/mol. The molecule has 0 fully saturated rings. The number of amides is 1. The van der Waals surface area contributed by atoms with Crippen molar-refractivity contribution in [3.8, 4) is 17.0 Å². The summed E-state index contributed by atoms with van der Waals surface area (Å²) in [5.41, 5.74) is 1.75. The molecule has 0 spiro atoms. The summed E-state index contributed by atoms with van der Waals surface area (Å²) in [6.45, 7) is 0.630. The fourth-order valence-corrected chi connectivity index (χ4v) is 2.18. The monoisotopic (exact) mass is 343 g/mol. The maximum Gasteiger partial charge on any atom is 0.269 e. The van der Waals surface area contributed by atoms with Crippen molar-refractivity contribution in [3.63, 3.8) is 0 Å². The molecule has 0 aliphatic rings. The molecule has 3 aromatic rings. The molecule has 3 N–H and O–H groups in total. The number of nitrogens with one attached hydrogen (secondary N) is 2. The third kappa shape index (κ3) is 4.21. The van der Waals surface area contributed by atoms with Gasteiger partial charge >= 0.3 is 0 Å². The molecule has 2 aromatic heterocycles. The molecule has 130 valence electrons. The van der Waals surface area contributed by atoms with Crippen molar-refractivity contribution in [1.29, 1.82) is 0 Å². The van der Waals surface area contributed by atoms with E-state index in [-0.39, 0.29) is 18.3 Å². The van der Waals surface area contributed by atoms with E-state index in [0.29, 0.717) is 36.1 Å². The summed E-state index contributed by atoms with van der Waals surface area (Å²) in [4.78, 5) is 16.3. The van der Waals surface area contributed by atoms with Crippen LogP contribution in [0.5, 0.6) is 5.75 Å². The fraction of sp³-hybridized carbons (Fsp3) is 0.250. The Morgan fingerprint density at radius 1 is 1.36 bits per heavy atom. The summed E-state index contributed by atoms with van der Waals surface area (Å²) < 4.78 is 9.95. The Balaban J connectivity index is 1.53. The van der Waals surface area contributed by atoms with E-state index in [1.165, 1.54) is 0 Å². The summed E-state index contributed by atoms with van der Waals surface area (Å²) in [5, 5.41) is 22.6. The average Bonchev–Trinajstić information content (AvgIpc) is 3.26. The highest BCUT2D eigenvalue weighted by molar-refractivity contribution is 5.93. The highest BCUT2D eigenvalue weighted by Crippen LogP contribution is 2.20. The number of ether oxygens (including phenoxy) is 1. The maximum atomic E-state index is 12.1. The van der Waals surface area contributed by atoms with Gasteiger partial charge < -0.3 is 19.7 Å². The van der Waals surface area contributed by atoms with E-state index < -0.39 is 0 Å². The molecule has 2 heterocycles. The Morgan fingerprint density at radius 3 is 2.92 bits per heavy atom. The number of hydrogen-bond donors (Lipinski definition) is 3. The van der Waals surface area contributed by atoms with Gasteiger partial charge in [0.15, 0.2) is 5.82 Å². The molecular weight excluding hydrogens is 326 g/mol. The van der Waals surface area contributed by atoms with Crippen LogP contribution < -0.4 is 5.32 Å². The van der Waals surface area contributed by atoms with Crippen LogP contribution in [0.4, 0.5) is 0 Å². The first-order valence-corrected chi connectivity index (χ1v) is 7.59. The Hall–Kier alpha value is -3.20. The SMILES string of the molecule is COCc1noc(CCNC(=O)c2cc(-c3ccc(O)cc3)n[nH]2)n1. The Labute approximate surface area is 143 Å². The fourth-order valence-electron chi connectivity index (χ4n) is 2.18. The lowest BCUT2D eigenvalue weighted by molar-refractivity contribution is 0.0948. The molecule has 3 rings (SSSR count). The number of nitrogens with zero attached hydrogens (tertiary/aromatic N) is 3. The molecule has 1 amide bonds. The molecule has 1 aromatic carbocycles. The minimum Gasteiger partial charge on any atom is -0.508 e. The average molecular weight is 343 g/mol. The van der Waals surface area contributed by atoms with Crippen LogP contribution in [0.2, 0.25) is 0 Å². The van der Waals surface area contributed by atoms with Crippen LogP contribution >= 0.6 is 0 Å². The van der Waals surface area contributed by atoms with Gasteiger partial charge in [-0.05, 0) is 30.3 Å². The highest BCUT2D eigenvalue weighted by atomic mass is 16.5. The molecule has 9 nitrogen and oxygen atoms in total. The Kier molecular flexibility index (Phi) is 5.05. The quantitative estimate of drug-likeness (QED) is 0.590. The van der Waals surface area contributed by atoms with Crippen molar-refractivity contribution in [3.05, 3.63) is 47.7 Å². The highest BCUT2D eigenvalue weighted by Gasteiger charge is 2.12. The minimum atomic E-state index is -0.283. The van der Waals surface area contributed by atoms with E-state index in [1.807, 2.05) is 0 Å². The van der Waals surface area contributed by atoms with Crippen LogP contribution in [-0.4, -0.2) is 45.0 Å². The van der Waals surface area contributed by atoms with Crippen molar-refractivity contribution in [2.24, 2.45) is 0 Å². The standard InChI is InChI=1S/C16H17N5O4/c1-24-9-14-18-15(25-21-14)6-7-17-16(23)13-8-12(19-20-13)10-2-4-11(22)5-3-10/h2-5,8,22H,6-7,9H2,1H3,(H,17,23)(H,19,20). The van der Waals surface area contributed by atoms with Crippen molar-refractivity contribution in [2.75, 3.05) is 13.7 Å². The van der Waals surface area contributed by atoms with Crippen LogP contribution in [0, 0.1) is 0 Å². The largest absolute Gasteiger partial charge is 0.508 e. The summed E-state index contributed by atoms with van der Waals surface area (Å²) in [6.07, 6.45) is 0.418. The molecule has 25 heavy (non-hydrogen) atoms. The molecular formula is C16H17N5O4. The molecule has 0 atom stereocenters. The number of phenolic OH excluding ortho intramolecular Hbond substituents is 1. The van der Waals surface area contributed by atoms with Crippen LogP contribution in [-0.2, 0) is 17.8 Å². The zero-order valence-electron chi connectivity index (χ0n) is 13.5. The number of H-pyrrole nitrogens is 1. The first-order valence-electron chi connectivity index (χ1n) is 7.59. The van der Waals surface area contributed by atoms with Gasteiger partial charge in [0.1, 0.15) is 18.1 Å². The van der Waals surface area contributed by atoms with Gasteiger partial charge in [0.2, 0.25) is 5.89 Å². The lowest BCUT2D eigenvalue weighted by atomic mass is 10.1. The van der Waals surface area contributed by atoms with Crippen molar-refractivity contribution in [1.82, 2.24) is 25.7 Å². The second-order valence-electron chi connectivity index (χ2n) is 5.26. The van der Waals surface area contributed by atoms with Crippen LogP contribution in [0.15, 0.2) is 34.9 Å². The summed E-state index contributed by atoms with van der Waals surface area (Å²) >= 11 is 0. The number of carbonyl (C=O) groups excluding carboxylic acids is 1. The molecule has 0 aliphatic heterocycles. The zero-order chi connectivity index (χ0) is 17.6. The number of carbonyl (C=O) groups is 1. The van der Waals surface area contributed by atoms with Crippen LogP contribution in [0.25, 0.3) is 11.3 Å². The van der Waals surface area contributed by atoms with Gasteiger partial charge in [0.25, 0.3) is 5.91 Å². The summed E-state index contributed by atoms with van der Waals surface area (Å²) in [6, 6.07) is 8.21. The van der Waals surface area contributed by atoms with E-state index in [4.69, 9.17) is 9.26 Å². The topological polar surface area (TPSA) is 126 Å². The lowest BCUT2D eigenvalue weighted by Gasteiger charge is -2.00. The summed E-state index contributed by atoms with van der Waals surface area (Å²) in [7, 11) is 1.55. The molecule has 0 aliphatic carbocycles. The van der Waals surface area contributed by atoms with Gasteiger partial charge in [0.05, 0.1) is 5.69 Å². The number of rotatable bonds is 7. The number of hydrogen-bond acceptors (Lipinski definition) is 7. The Bertz CT molecular complexity index is 840. The van der Waals surface area contributed by atoms with Gasteiger partial charge in [-0.15, -0.1) is 0 Å². The third-order valence-electron chi connectivity index (χ3n) is 3.39. The van der Waals surface area contributed by atoms with Crippen molar-refractivity contribution < 1.29 is 19.2 Å². The van der Waals surface area contributed by atoms with Gasteiger partial charge in [0, 0.05) is 25.6 Å². The van der Waals surface area contributed by atoms with Gasteiger partial charge in [-0.2, -0.15) is 10.1 Å². The maximum absolute atomic E-state index is 12.1. The van der Waals surface area contributed by atoms with Crippen LogP contribution in [0.3, 0.4) is 0 Å². The summed E-state index contributed by atoms with van der Waals surface area (Å²) in [5.74, 6) is 0.791. The van der Waals surface area contributed by atoms with E-state index in [2.05, 4.69) is 25.7 Å². The van der Waals surface area contributed by atoms with Gasteiger partial charge in [-0.25, -0.2) is 0 Å². The normalized spacial score (nSPS) is 10.8. The van der Waals surface area contributed by atoms with Crippen LogP contribution in [0.1, 0.15) is 22.2 Å². The Morgan fingerprint density at radius 2 is 2.16 bits per heavy atom. The van der Waals surface area contributed by atoms with E-state index in [0.717, 1.165) is 5.56 Å².